The van der Waals surface area contributed by atoms with Gasteiger partial charge in [-0.15, -0.1) is 0 Å². The van der Waals surface area contributed by atoms with Gasteiger partial charge in [0, 0.05) is 18.7 Å². The average Bonchev–Trinajstić information content (AvgIpc) is 2.96. The average molecular weight is 347 g/mol. The first-order chi connectivity index (χ1) is 11.8. The van der Waals surface area contributed by atoms with Crippen molar-refractivity contribution in [3.05, 3.63) is 29.8 Å². The summed E-state index contributed by atoms with van der Waals surface area (Å²) >= 11 is 0. The van der Waals surface area contributed by atoms with Crippen molar-refractivity contribution in [1.82, 2.24) is 5.32 Å². The summed E-state index contributed by atoms with van der Waals surface area (Å²) in [5, 5.41) is 1.84. The van der Waals surface area contributed by atoms with Crippen LogP contribution in [0.2, 0.25) is 0 Å². The molecule has 0 aliphatic carbocycles. The van der Waals surface area contributed by atoms with Crippen molar-refractivity contribution in [3.8, 4) is 0 Å². The van der Waals surface area contributed by atoms with E-state index in [4.69, 9.17) is 10.5 Å². The molecule has 3 N–H and O–H groups in total. The van der Waals surface area contributed by atoms with E-state index < -0.39 is 29.9 Å². The van der Waals surface area contributed by atoms with Crippen LogP contribution in [0.25, 0.3) is 0 Å². The smallest absolute Gasteiger partial charge is 0.318 e. The van der Waals surface area contributed by atoms with Crippen LogP contribution < -0.4 is 16.0 Å². The quantitative estimate of drug-likeness (QED) is 0.761. The normalized spacial score (nSPS) is 17.9. The lowest BCUT2D eigenvalue weighted by atomic mass is 10.1. The number of nitrogens with zero attached hydrogens (tertiary/aromatic N) is 1. The van der Waals surface area contributed by atoms with E-state index in [1.165, 1.54) is 11.8 Å². The number of anilines is 1. The highest BCUT2D eigenvalue weighted by Crippen LogP contribution is 2.26. The number of imide groups is 1. The lowest BCUT2D eigenvalue weighted by molar-refractivity contribution is -0.158. The van der Waals surface area contributed by atoms with E-state index in [2.05, 4.69) is 0 Å². The monoisotopic (exact) mass is 347 g/mol. The van der Waals surface area contributed by atoms with Crippen molar-refractivity contribution in [2.75, 3.05) is 11.4 Å². The van der Waals surface area contributed by atoms with Crippen molar-refractivity contribution in [2.45, 2.75) is 32.8 Å². The van der Waals surface area contributed by atoms with Crippen LogP contribution in [-0.2, 0) is 25.5 Å². The largest absolute Gasteiger partial charge is 0.452 e. The molecule has 25 heavy (non-hydrogen) atoms. The predicted octanol–water partition coefficient (Wildman–Crippen LogP) is 0.728. The minimum Gasteiger partial charge on any atom is -0.452 e. The zero-order valence-electron chi connectivity index (χ0n) is 14.2. The number of ether oxygens (including phenoxy) is 1. The van der Waals surface area contributed by atoms with Crippen LogP contribution >= 0.6 is 0 Å². The molecule has 1 saturated heterocycles. The molecule has 0 spiro atoms. The fraction of sp³-hybridized carbons (Fsp3) is 0.412. The molecule has 1 aliphatic heterocycles. The Kier molecular flexibility index (Phi) is 5.74. The lowest BCUT2D eigenvalue weighted by Crippen LogP contribution is -2.42. The first kappa shape index (κ1) is 18.4. The number of aryl methyl sites for hydroxylation is 1. The Bertz CT molecular complexity index is 686. The van der Waals surface area contributed by atoms with Gasteiger partial charge in [-0.05, 0) is 31.0 Å². The van der Waals surface area contributed by atoms with Crippen LogP contribution in [0, 0.1) is 5.92 Å². The molecule has 0 aromatic heterocycles. The second-order valence-electron chi connectivity index (χ2n) is 5.86. The highest BCUT2D eigenvalue weighted by Gasteiger charge is 2.37. The number of amides is 4. The highest BCUT2D eigenvalue weighted by atomic mass is 16.5. The van der Waals surface area contributed by atoms with Gasteiger partial charge in [-0.3, -0.25) is 19.7 Å². The molecule has 0 unspecified atom stereocenters. The number of hydrogen-bond acceptors (Lipinski definition) is 5. The molecule has 1 aromatic rings. The zero-order chi connectivity index (χ0) is 18.6. The minimum atomic E-state index is -1.17. The first-order valence-corrected chi connectivity index (χ1v) is 8.02. The molecule has 1 fully saturated rings. The molecule has 4 amide bonds. The molecule has 2 rings (SSSR count). The number of nitrogens with one attached hydrogen (secondary N) is 1. The van der Waals surface area contributed by atoms with E-state index in [0.29, 0.717) is 0 Å². The number of esters is 1. The summed E-state index contributed by atoms with van der Waals surface area (Å²) in [4.78, 5) is 48.1. The summed E-state index contributed by atoms with van der Waals surface area (Å²) in [6.45, 7) is 3.55. The van der Waals surface area contributed by atoms with Crippen molar-refractivity contribution >= 4 is 29.5 Å². The molecule has 0 radical (unpaired) electrons. The summed E-state index contributed by atoms with van der Waals surface area (Å²) in [6, 6.07) is 6.53. The van der Waals surface area contributed by atoms with Gasteiger partial charge in [0.1, 0.15) is 0 Å². The van der Waals surface area contributed by atoms with E-state index in [0.717, 1.165) is 17.7 Å². The first-order valence-electron chi connectivity index (χ1n) is 8.02. The van der Waals surface area contributed by atoms with Crippen LogP contribution in [0.4, 0.5) is 10.5 Å². The summed E-state index contributed by atoms with van der Waals surface area (Å²) in [5.41, 5.74) is 6.72. The van der Waals surface area contributed by atoms with Crippen LogP contribution in [0.3, 0.4) is 0 Å². The molecule has 8 nitrogen and oxygen atoms in total. The second kappa shape index (κ2) is 7.78. The number of carbonyl (C=O) groups excluding carboxylic acids is 4. The maximum atomic E-state index is 12.2. The fourth-order valence-corrected chi connectivity index (χ4v) is 2.57. The molecular weight excluding hydrogens is 326 g/mol. The Morgan fingerprint density at radius 1 is 1.32 bits per heavy atom. The van der Waals surface area contributed by atoms with Gasteiger partial charge in [0.25, 0.3) is 5.91 Å². The number of hydrogen-bond donors (Lipinski definition) is 2. The maximum Gasteiger partial charge on any atom is 0.318 e. The van der Waals surface area contributed by atoms with Gasteiger partial charge >= 0.3 is 12.0 Å². The molecule has 0 saturated carbocycles. The third-order valence-electron chi connectivity index (χ3n) is 4.02. The standard InChI is InChI=1S/C17H21N3O5/c1-3-11-4-6-13(7-5-11)20-9-12(8-14(20)21)16(23)25-10(2)15(22)19-17(18)24/h4-7,10,12H,3,8-9H2,1-2H3,(H3,18,19,22,24)/t10-,12+/m0/s1. The summed E-state index contributed by atoms with van der Waals surface area (Å²) < 4.78 is 5.03. The molecule has 0 bridgehead atoms. The van der Waals surface area contributed by atoms with E-state index >= 15 is 0 Å². The van der Waals surface area contributed by atoms with Gasteiger partial charge in [0.15, 0.2) is 6.10 Å². The SMILES string of the molecule is CCc1ccc(N2C[C@H](C(=O)O[C@@H](C)C(=O)NC(N)=O)CC2=O)cc1. The van der Waals surface area contributed by atoms with Gasteiger partial charge in [-0.25, -0.2) is 4.79 Å². The van der Waals surface area contributed by atoms with Crippen LogP contribution in [-0.4, -0.2) is 36.5 Å². The van der Waals surface area contributed by atoms with Gasteiger partial charge < -0.3 is 15.4 Å². The Morgan fingerprint density at radius 2 is 1.96 bits per heavy atom. The van der Waals surface area contributed by atoms with Crippen LogP contribution in [0.5, 0.6) is 0 Å². The molecule has 1 aromatic carbocycles. The number of rotatable bonds is 5. The molecule has 1 heterocycles. The molecule has 8 heteroatoms. The van der Waals surface area contributed by atoms with E-state index in [9.17, 15) is 19.2 Å². The summed E-state index contributed by atoms with van der Waals surface area (Å²) in [6.07, 6.45) is -0.263. The number of urea groups is 1. The second-order valence-corrected chi connectivity index (χ2v) is 5.86. The lowest BCUT2D eigenvalue weighted by Gasteiger charge is -2.18. The summed E-state index contributed by atoms with van der Waals surface area (Å²) in [5.74, 6) is -2.31. The van der Waals surface area contributed by atoms with Gasteiger partial charge in [-0.1, -0.05) is 19.1 Å². The number of primary amides is 1. The Morgan fingerprint density at radius 3 is 2.52 bits per heavy atom. The molecular formula is C17H21N3O5. The van der Waals surface area contributed by atoms with Crippen LogP contribution in [0.1, 0.15) is 25.8 Å². The molecule has 1 aliphatic rings. The minimum absolute atomic E-state index is 0.0124. The number of benzene rings is 1. The van der Waals surface area contributed by atoms with E-state index in [1.54, 1.807) is 0 Å². The Labute approximate surface area is 145 Å². The van der Waals surface area contributed by atoms with E-state index in [-0.39, 0.29) is 18.9 Å². The summed E-state index contributed by atoms with van der Waals surface area (Å²) in [7, 11) is 0. The maximum absolute atomic E-state index is 12.2. The van der Waals surface area contributed by atoms with Crippen molar-refractivity contribution < 1.29 is 23.9 Å². The third-order valence-corrected chi connectivity index (χ3v) is 4.02. The van der Waals surface area contributed by atoms with Crippen molar-refractivity contribution in [3.63, 3.8) is 0 Å². The Balaban J connectivity index is 1.97. The fourth-order valence-electron chi connectivity index (χ4n) is 2.57. The highest BCUT2D eigenvalue weighted by molar-refractivity contribution is 6.00. The van der Waals surface area contributed by atoms with Gasteiger partial charge in [-0.2, -0.15) is 0 Å². The topological polar surface area (TPSA) is 119 Å². The predicted molar refractivity (Wildman–Crippen MR) is 89.6 cm³/mol. The Hall–Kier alpha value is -2.90. The number of carbonyl (C=O) groups is 4. The zero-order valence-corrected chi connectivity index (χ0v) is 14.2. The number of nitrogens with two attached hydrogens (primary N) is 1. The van der Waals surface area contributed by atoms with Gasteiger partial charge in [0.2, 0.25) is 5.91 Å². The van der Waals surface area contributed by atoms with Crippen molar-refractivity contribution in [2.24, 2.45) is 11.7 Å². The van der Waals surface area contributed by atoms with Crippen LogP contribution in [0.15, 0.2) is 24.3 Å². The van der Waals surface area contributed by atoms with Gasteiger partial charge in [0.05, 0.1) is 5.92 Å². The molecule has 2 atom stereocenters. The van der Waals surface area contributed by atoms with Crippen molar-refractivity contribution in [1.29, 1.82) is 0 Å². The molecule has 134 valence electrons. The third kappa shape index (κ3) is 4.56. The van der Waals surface area contributed by atoms with E-state index in [1.807, 2.05) is 36.5 Å².